The van der Waals surface area contributed by atoms with Crippen molar-refractivity contribution in [1.29, 1.82) is 0 Å². The number of esters is 1. The number of nitrogens with two attached hydrogens (primary N) is 1. The zero-order valence-corrected chi connectivity index (χ0v) is 15.7. The number of nitrogens with one attached hydrogen (secondary N) is 1. The van der Waals surface area contributed by atoms with Crippen molar-refractivity contribution in [2.45, 2.75) is 24.8 Å². The Morgan fingerprint density at radius 3 is 2.29 bits per heavy atom. The van der Waals surface area contributed by atoms with Gasteiger partial charge in [0.1, 0.15) is 0 Å². The Kier molecular flexibility index (Phi) is 6.11. The zero-order chi connectivity index (χ0) is 21.1. The van der Waals surface area contributed by atoms with E-state index in [1.807, 2.05) is 0 Å². The largest absolute Gasteiger partial charge is 0.449 e. The smallest absolute Gasteiger partial charge is 0.338 e. The molecule has 1 atom stereocenters. The van der Waals surface area contributed by atoms with Crippen molar-refractivity contribution >= 4 is 33.3 Å². The molecule has 2 aromatic carbocycles. The molecule has 11 heteroatoms. The number of primary sulfonamides is 1. The van der Waals surface area contributed by atoms with E-state index < -0.39 is 32.9 Å². The summed E-state index contributed by atoms with van der Waals surface area (Å²) in [5.41, 5.74) is 0.503. The van der Waals surface area contributed by atoms with Crippen LogP contribution in [0.1, 0.15) is 22.8 Å². The van der Waals surface area contributed by atoms with Gasteiger partial charge < -0.3 is 10.1 Å². The summed E-state index contributed by atoms with van der Waals surface area (Å²) in [6, 6.07) is 8.85. The third kappa shape index (κ3) is 5.11. The summed E-state index contributed by atoms with van der Waals surface area (Å²) in [4.78, 5) is 34.4. The minimum Gasteiger partial charge on any atom is -0.449 e. The van der Waals surface area contributed by atoms with E-state index in [-0.39, 0.29) is 27.4 Å². The summed E-state index contributed by atoms with van der Waals surface area (Å²) in [5.74, 6) is -1.46. The normalized spacial score (nSPS) is 12.1. The average molecular weight is 407 g/mol. The lowest BCUT2D eigenvalue weighted by molar-refractivity contribution is -0.385. The molecule has 0 saturated carbocycles. The lowest BCUT2D eigenvalue weighted by atomic mass is 10.1. The van der Waals surface area contributed by atoms with E-state index >= 15 is 0 Å². The van der Waals surface area contributed by atoms with E-state index in [1.54, 1.807) is 0 Å². The summed E-state index contributed by atoms with van der Waals surface area (Å²) in [6.45, 7) is 2.83. The molecule has 0 aromatic heterocycles. The minimum absolute atomic E-state index is 0.0697. The SMILES string of the molecule is Cc1cc(C(=O)OC(C)C(=O)Nc2ccc(S(N)(=O)=O)cc2)ccc1[N+](=O)[O-]. The van der Waals surface area contributed by atoms with Crippen LogP contribution >= 0.6 is 0 Å². The van der Waals surface area contributed by atoms with Gasteiger partial charge in [-0.25, -0.2) is 18.4 Å². The first kappa shape index (κ1) is 21.0. The van der Waals surface area contributed by atoms with Gasteiger partial charge in [0, 0.05) is 17.3 Å². The lowest BCUT2D eigenvalue weighted by Gasteiger charge is -2.14. The van der Waals surface area contributed by atoms with Crippen LogP contribution in [-0.2, 0) is 19.6 Å². The molecule has 0 heterocycles. The van der Waals surface area contributed by atoms with Crippen LogP contribution in [0.15, 0.2) is 47.4 Å². The molecular weight excluding hydrogens is 390 g/mol. The molecule has 0 aliphatic carbocycles. The molecule has 0 bridgehead atoms. The van der Waals surface area contributed by atoms with Gasteiger partial charge in [-0.15, -0.1) is 0 Å². The van der Waals surface area contributed by atoms with Gasteiger partial charge in [0.2, 0.25) is 10.0 Å². The van der Waals surface area contributed by atoms with Crippen LogP contribution in [0.2, 0.25) is 0 Å². The van der Waals surface area contributed by atoms with Gasteiger partial charge in [-0.2, -0.15) is 0 Å². The van der Waals surface area contributed by atoms with Crippen molar-refractivity contribution in [3.05, 3.63) is 63.7 Å². The Morgan fingerprint density at radius 2 is 1.79 bits per heavy atom. The number of nitro groups is 1. The Balaban J connectivity index is 2.02. The number of aryl methyl sites for hydroxylation is 1. The molecule has 0 radical (unpaired) electrons. The molecule has 2 rings (SSSR count). The van der Waals surface area contributed by atoms with Gasteiger partial charge >= 0.3 is 5.97 Å². The molecule has 0 spiro atoms. The van der Waals surface area contributed by atoms with Crippen LogP contribution in [0.3, 0.4) is 0 Å². The molecule has 10 nitrogen and oxygen atoms in total. The van der Waals surface area contributed by atoms with Gasteiger partial charge in [-0.05, 0) is 50.2 Å². The Morgan fingerprint density at radius 1 is 1.18 bits per heavy atom. The number of benzene rings is 2. The minimum atomic E-state index is -3.85. The van der Waals surface area contributed by atoms with Crippen molar-refractivity contribution in [3.63, 3.8) is 0 Å². The second-order valence-corrected chi connectivity index (χ2v) is 7.43. The molecule has 0 aliphatic heterocycles. The summed E-state index contributed by atoms with van der Waals surface area (Å²) in [5, 5.41) is 18.3. The summed E-state index contributed by atoms with van der Waals surface area (Å²) in [6.07, 6.45) is -1.17. The van der Waals surface area contributed by atoms with E-state index in [1.165, 1.54) is 56.3 Å². The van der Waals surface area contributed by atoms with Gasteiger partial charge in [0.15, 0.2) is 6.10 Å². The Labute approximate surface area is 160 Å². The van der Waals surface area contributed by atoms with E-state index in [0.29, 0.717) is 0 Å². The molecule has 1 amide bonds. The molecule has 3 N–H and O–H groups in total. The van der Waals surface area contributed by atoms with E-state index in [4.69, 9.17) is 9.88 Å². The number of sulfonamides is 1. The number of carbonyl (C=O) groups excluding carboxylic acids is 2. The molecule has 1 unspecified atom stereocenters. The van der Waals surface area contributed by atoms with E-state index in [9.17, 15) is 28.1 Å². The second kappa shape index (κ2) is 8.15. The number of hydrogen-bond acceptors (Lipinski definition) is 7. The number of anilines is 1. The average Bonchev–Trinajstić information content (AvgIpc) is 2.60. The van der Waals surface area contributed by atoms with E-state index in [0.717, 1.165) is 0 Å². The first-order valence-corrected chi connectivity index (χ1v) is 9.43. The second-order valence-electron chi connectivity index (χ2n) is 5.86. The molecule has 28 heavy (non-hydrogen) atoms. The third-order valence-corrected chi connectivity index (χ3v) is 4.66. The third-order valence-electron chi connectivity index (χ3n) is 3.73. The number of nitro benzene ring substituents is 1. The van der Waals surface area contributed by atoms with Crippen molar-refractivity contribution in [3.8, 4) is 0 Å². The molecule has 0 saturated heterocycles. The van der Waals surface area contributed by atoms with Gasteiger partial charge in [-0.1, -0.05) is 0 Å². The van der Waals surface area contributed by atoms with Gasteiger partial charge in [0.25, 0.3) is 11.6 Å². The Hall–Kier alpha value is -3.31. The predicted octanol–water partition coefficient (Wildman–Crippen LogP) is 1.73. The van der Waals surface area contributed by atoms with Crippen LogP contribution in [-0.4, -0.2) is 31.3 Å². The lowest BCUT2D eigenvalue weighted by Crippen LogP contribution is -2.30. The van der Waals surface area contributed by atoms with Gasteiger partial charge in [0.05, 0.1) is 15.4 Å². The highest BCUT2D eigenvalue weighted by molar-refractivity contribution is 7.89. The zero-order valence-electron chi connectivity index (χ0n) is 14.9. The monoisotopic (exact) mass is 407 g/mol. The number of rotatable bonds is 6. The number of ether oxygens (including phenoxy) is 1. The highest BCUT2D eigenvalue weighted by atomic mass is 32.2. The fraction of sp³-hybridized carbons (Fsp3) is 0.176. The van der Waals surface area contributed by atoms with Crippen LogP contribution in [0.25, 0.3) is 0 Å². The van der Waals surface area contributed by atoms with Crippen LogP contribution in [0.4, 0.5) is 11.4 Å². The quantitative estimate of drug-likeness (QED) is 0.419. The first-order valence-electron chi connectivity index (χ1n) is 7.89. The standard InChI is InChI=1S/C17H17N3O7S/c1-10-9-12(3-8-15(10)20(23)24)17(22)27-11(2)16(21)19-13-4-6-14(7-5-13)28(18,25)26/h3-9,11H,1-2H3,(H,19,21)(H2,18,25,26). The number of carbonyl (C=O) groups is 2. The summed E-state index contributed by atoms with van der Waals surface area (Å²) >= 11 is 0. The number of amides is 1. The maximum Gasteiger partial charge on any atom is 0.338 e. The van der Waals surface area contributed by atoms with Crippen LogP contribution in [0, 0.1) is 17.0 Å². The highest BCUT2D eigenvalue weighted by Gasteiger charge is 2.21. The molecular formula is C17H17N3O7S. The van der Waals surface area contributed by atoms with Crippen molar-refractivity contribution < 1.29 is 27.7 Å². The highest BCUT2D eigenvalue weighted by Crippen LogP contribution is 2.20. The molecule has 0 aliphatic rings. The van der Waals surface area contributed by atoms with Crippen LogP contribution in [0.5, 0.6) is 0 Å². The fourth-order valence-electron chi connectivity index (χ4n) is 2.24. The summed E-state index contributed by atoms with van der Waals surface area (Å²) in [7, 11) is -3.85. The van der Waals surface area contributed by atoms with E-state index in [2.05, 4.69) is 5.32 Å². The van der Waals surface area contributed by atoms with Gasteiger partial charge in [-0.3, -0.25) is 14.9 Å². The number of nitrogens with zero attached hydrogens (tertiary/aromatic N) is 1. The topological polar surface area (TPSA) is 159 Å². The molecule has 0 fully saturated rings. The molecule has 2 aromatic rings. The first-order chi connectivity index (χ1) is 13.0. The van der Waals surface area contributed by atoms with Crippen molar-refractivity contribution in [1.82, 2.24) is 0 Å². The number of hydrogen-bond donors (Lipinski definition) is 2. The predicted molar refractivity (Wildman–Crippen MR) is 99.2 cm³/mol. The maximum atomic E-state index is 12.2. The summed E-state index contributed by atoms with van der Waals surface area (Å²) < 4.78 is 27.5. The maximum absolute atomic E-state index is 12.2. The van der Waals surface area contributed by atoms with Crippen molar-refractivity contribution in [2.24, 2.45) is 5.14 Å². The fourth-order valence-corrected chi connectivity index (χ4v) is 2.76. The van der Waals surface area contributed by atoms with Crippen molar-refractivity contribution in [2.75, 3.05) is 5.32 Å². The van der Waals surface area contributed by atoms with Crippen LogP contribution < -0.4 is 10.5 Å². The molecule has 148 valence electrons. The Bertz CT molecular complexity index is 1030.